The second-order valence-corrected chi connectivity index (χ2v) is 12.2. The van der Waals surface area contributed by atoms with Crippen molar-refractivity contribution >= 4 is 40.0 Å². The van der Waals surface area contributed by atoms with Crippen LogP contribution in [-0.2, 0) is 6.42 Å². The first-order chi connectivity index (χ1) is 24.9. The van der Waals surface area contributed by atoms with Crippen molar-refractivity contribution in [3.8, 4) is 17.2 Å². The van der Waals surface area contributed by atoms with Crippen LogP contribution in [0.4, 0.5) is 31.8 Å². The average molecular weight is 691 g/mol. The summed E-state index contributed by atoms with van der Waals surface area (Å²) in [5.41, 5.74) is 3.26. The normalized spacial score (nSPS) is 13.2. The molecule has 11 nitrogen and oxygen atoms in total. The molecule has 4 N–H and O–H groups in total. The Morgan fingerprint density at radius 3 is 2.49 bits per heavy atom. The molecule has 1 saturated heterocycles. The standard InChI is InChI=1S/C38H36F2N8O3/c1-48(28-15-18-41-19-16-28)37-33-34(24(22-43-36(33)46-47-37)20-23-5-12-29(50-2)13-6-23)51-32-14-11-27(21-31(32)40)44-35-30(4-3-17-42-35)38(49)45-26-9-7-25(39)8-10-26/h3-14,17,21-22,28,41H,15-16,18-20H2,1-2H3,(H,42,44)(H,45,49)(H,43,46,47). The number of aromatic nitrogens is 4. The maximum absolute atomic E-state index is 16.0. The van der Waals surface area contributed by atoms with Gasteiger partial charge in [0, 0.05) is 54.9 Å². The number of ether oxygens (including phenoxy) is 2. The summed E-state index contributed by atoms with van der Waals surface area (Å²) in [7, 11) is 3.63. The Labute approximate surface area is 293 Å². The number of H-pyrrole nitrogens is 1. The molecule has 0 atom stereocenters. The van der Waals surface area contributed by atoms with Crippen LogP contribution < -0.4 is 30.3 Å². The zero-order chi connectivity index (χ0) is 35.3. The van der Waals surface area contributed by atoms with Gasteiger partial charge in [-0.2, -0.15) is 5.10 Å². The third-order valence-electron chi connectivity index (χ3n) is 8.90. The zero-order valence-electron chi connectivity index (χ0n) is 28.0. The van der Waals surface area contributed by atoms with E-state index < -0.39 is 17.5 Å². The largest absolute Gasteiger partial charge is 0.497 e. The highest BCUT2D eigenvalue weighted by Gasteiger charge is 2.26. The molecular formula is C38H36F2N8O3. The van der Waals surface area contributed by atoms with Gasteiger partial charge >= 0.3 is 0 Å². The topological polar surface area (TPSA) is 129 Å². The maximum atomic E-state index is 16.0. The van der Waals surface area contributed by atoms with E-state index in [4.69, 9.17) is 9.47 Å². The van der Waals surface area contributed by atoms with Gasteiger partial charge in [0.25, 0.3) is 5.91 Å². The monoisotopic (exact) mass is 690 g/mol. The van der Waals surface area contributed by atoms with Crippen molar-refractivity contribution in [1.82, 2.24) is 25.5 Å². The van der Waals surface area contributed by atoms with Gasteiger partial charge in [0.05, 0.1) is 12.7 Å². The number of halogens is 2. The van der Waals surface area contributed by atoms with Crippen LogP contribution in [0.3, 0.4) is 0 Å². The molecule has 1 aliphatic rings. The van der Waals surface area contributed by atoms with Crippen molar-refractivity contribution < 1.29 is 23.0 Å². The average Bonchev–Trinajstić information content (AvgIpc) is 3.59. The molecule has 6 aromatic rings. The lowest BCUT2D eigenvalue weighted by atomic mass is 10.0. The number of fused-ring (bicyclic) bond motifs is 1. The van der Waals surface area contributed by atoms with Crippen LogP contribution in [0.15, 0.2) is 91.3 Å². The van der Waals surface area contributed by atoms with Gasteiger partial charge < -0.3 is 30.3 Å². The number of pyridine rings is 2. The molecule has 0 saturated carbocycles. The van der Waals surface area contributed by atoms with Crippen molar-refractivity contribution in [2.24, 2.45) is 0 Å². The van der Waals surface area contributed by atoms with Gasteiger partial charge in [-0.15, -0.1) is 0 Å². The Morgan fingerprint density at radius 2 is 1.75 bits per heavy atom. The van der Waals surface area contributed by atoms with E-state index in [-0.39, 0.29) is 23.2 Å². The predicted molar refractivity (Wildman–Crippen MR) is 192 cm³/mol. The fraction of sp³-hybridized carbons (Fsp3) is 0.211. The van der Waals surface area contributed by atoms with E-state index in [0.717, 1.165) is 42.8 Å². The highest BCUT2D eigenvalue weighted by molar-refractivity contribution is 6.07. The molecule has 4 heterocycles. The van der Waals surface area contributed by atoms with Gasteiger partial charge in [0.15, 0.2) is 23.0 Å². The molecule has 13 heteroatoms. The lowest BCUT2D eigenvalue weighted by molar-refractivity contribution is 0.102. The second kappa shape index (κ2) is 14.8. The van der Waals surface area contributed by atoms with E-state index in [1.165, 1.54) is 42.6 Å². The fourth-order valence-corrected chi connectivity index (χ4v) is 6.14. The van der Waals surface area contributed by atoms with Crippen molar-refractivity contribution in [3.05, 3.63) is 120 Å². The number of anilines is 4. The number of amides is 1. The van der Waals surface area contributed by atoms with Gasteiger partial charge in [-0.1, -0.05) is 12.1 Å². The number of hydrogen-bond acceptors (Lipinski definition) is 9. The molecule has 0 bridgehead atoms. The number of aromatic amines is 1. The summed E-state index contributed by atoms with van der Waals surface area (Å²) in [5, 5.41) is 17.5. The molecule has 7 rings (SSSR count). The number of methoxy groups -OCH3 is 1. The zero-order valence-corrected chi connectivity index (χ0v) is 28.0. The molecule has 0 spiro atoms. The van der Waals surface area contributed by atoms with Crippen molar-refractivity contribution in [2.45, 2.75) is 25.3 Å². The molecule has 1 fully saturated rings. The summed E-state index contributed by atoms with van der Waals surface area (Å²) < 4.78 is 41.1. The molecule has 260 valence electrons. The smallest absolute Gasteiger partial charge is 0.259 e. The van der Waals surface area contributed by atoms with Crippen molar-refractivity contribution in [3.63, 3.8) is 0 Å². The first-order valence-electron chi connectivity index (χ1n) is 16.5. The van der Waals surface area contributed by atoms with Gasteiger partial charge in [-0.05, 0) is 92.2 Å². The minimum Gasteiger partial charge on any atom is -0.497 e. The second-order valence-electron chi connectivity index (χ2n) is 12.2. The summed E-state index contributed by atoms with van der Waals surface area (Å²) in [6.45, 7) is 1.82. The minimum absolute atomic E-state index is 0.00371. The molecular weight excluding hydrogens is 654 g/mol. The predicted octanol–water partition coefficient (Wildman–Crippen LogP) is 7.21. The van der Waals surface area contributed by atoms with Gasteiger partial charge in [0.2, 0.25) is 0 Å². The third kappa shape index (κ3) is 7.43. The van der Waals surface area contributed by atoms with Crippen LogP contribution in [-0.4, -0.2) is 59.4 Å². The van der Waals surface area contributed by atoms with E-state index >= 15 is 4.39 Å². The molecule has 0 unspecified atom stereocenters. The number of benzene rings is 3. The number of nitrogens with zero attached hydrogens (tertiary/aromatic N) is 4. The molecule has 0 aliphatic carbocycles. The molecule has 1 aliphatic heterocycles. The van der Waals surface area contributed by atoms with Gasteiger partial charge in [0.1, 0.15) is 28.5 Å². The molecule has 51 heavy (non-hydrogen) atoms. The Bertz CT molecular complexity index is 2150. The van der Waals surface area contributed by atoms with Crippen LogP contribution in [0.1, 0.15) is 34.3 Å². The fourth-order valence-electron chi connectivity index (χ4n) is 6.14. The minimum atomic E-state index is -0.634. The quantitative estimate of drug-likeness (QED) is 0.112. The SMILES string of the molecule is COc1ccc(Cc2cnc3[nH]nc(N(C)C4CCNCC4)c3c2Oc2ccc(Nc3ncccc3C(=O)Nc3ccc(F)cc3)cc2F)cc1. The summed E-state index contributed by atoms with van der Waals surface area (Å²) >= 11 is 0. The Morgan fingerprint density at radius 1 is 0.980 bits per heavy atom. The van der Waals surface area contributed by atoms with Crippen LogP contribution in [0.25, 0.3) is 11.0 Å². The van der Waals surface area contributed by atoms with Crippen LogP contribution >= 0.6 is 0 Å². The van der Waals surface area contributed by atoms with Crippen LogP contribution in [0.2, 0.25) is 0 Å². The Hall–Kier alpha value is -6.08. The first-order valence-corrected chi connectivity index (χ1v) is 16.5. The van der Waals surface area contributed by atoms with Crippen molar-refractivity contribution in [1.29, 1.82) is 0 Å². The molecule has 0 radical (unpaired) electrons. The maximum Gasteiger partial charge on any atom is 0.259 e. The van der Waals surface area contributed by atoms with E-state index in [9.17, 15) is 9.18 Å². The first kappa shape index (κ1) is 33.4. The van der Waals surface area contributed by atoms with E-state index in [1.807, 2.05) is 31.3 Å². The summed E-state index contributed by atoms with van der Waals surface area (Å²) in [5.74, 6) is 0.567. The van der Waals surface area contributed by atoms with E-state index in [0.29, 0.717) is 40.4 Å². The number of rotatable bonds is 11. The number of nitrogens with one attached hydrogen (secondary N) is 4. The lowest BCUT2D eigenvalue weighted by Gasteiger charge is -2.32. The van der Waals surface area contributed by atoms with E-state index in [2.05, 4.69) is 41.0 Å². The van der Waals surface area contributed by atoms with E-state index in [1.54, 1.807) is 31.5 Å². The summed E-state index contributed by atoms with van der Waals surface area (Å²) in [4.78, 5) is 24.2. The summed E-state index contributed by atoms with van der Waals surface area (Å²) in [6, 6.07) is 21.1. The number of carbonyl (C=O) groups excluding carboxylic acids is 1. The summed E-state index contributed by atoms with van der Waals surface area (Å²) in [6.07, 6.45) is 5.62. The van der Waals surface area contributed by atoms with Crippen LogP contribution in [0, 0.1) is 11.6 Å². The van der Waals surface area contributed by atoms with Crippen molar-refractivity contribution in [2.75, 3.05) is 42.8 Å². The number of carbonyl (C=O) groups is 1. The Balaban J connectivity index is 1.19. The molecule has 3 aromatic heterocycles. The highest BCUT2D eigenvalue weighted by Crippen LogP contribution is 2.40. The molecule has 3 aromatic carbocycles. The third-order valence-corrected chi connectivity index (χ3v) is 8.90. The molecule has 1 amide bonds. The Kier molecular flexibility index (Phi) is 9.70. The van der Waals surface area contributed by atoms with Gasteiger partial charge in [-0.3, -0.25) is 9.89 Å². The van der Waals surface area contributed by atoms with Gasteiger partial charge in [-0.25, -0.2) is 18.7 Å². The highest BCUT2D eigenvalue weighted by atomic mass is 19.1. The van der Waals surface area contributed by atoms with Crippen LogP contribution in [0.5, 0.6) is 17.2 Å². The lowest BCUT2D eigenvalue weighted by Crippen LogP contribution is -2.41. The number of hydrogen-bond donors (Lipinski definition) is 4. The number of piperidine rings is 1.